The van der Waals surface area contributed by atoms with Gasteiger partial charge in [-0.2, -0.15) is 0 Å². The van der Waals surface area contributed by atoms with Crippen molar-refractivity contribution in [2.24, 2.45) is 0 Å². The zero-order chi connectivity index (χ0) is 20.4. The van der Waals surface area contributed by atoms with Gasteiger partial charge in [0, 0.05) is 19.6 Å². The third kappa shape index (κ3) is 4.45. The predicted molar refractivity (Wildman–Crippen MR) is 117 cm³/mol. The van der Waals surface area contributed by atoms with Crippen LogP contribution in [0.15, 0.2) is 52.2 Å². The molecular weight excluding hydrogens is 406 g/mol. The second kappa shape index (κ2) is 8.39. The van der Waals surface area contributed by atoms with Crippen molar-refractivity contribution in [2.45, 2.75) is 44.3 Å². The number of rotatable bonds is 7. The monoisotopic (exact) mass is 431 g/mol. The highest BCUT2D eigenvalue weighted by molar-refractivity contribution is 7.89. The fourth-order valence-corrected chi connectivity index (χ4v) is 5.85. The van der Waals surface area contributed by atoms with Gasteiger partial charge in [0.2, 0.25) is 10.0 Å². The summed E-state index contributed by atoms with van der Waals surface area (Å²) < 4.78 is 30.4. The maximum Gasteiger partial charge on any atom is 0.308 e. The topological polar surface area (TPSA) is 71.4 Å². The van der Waals surface area contributed by atoms with Crippen LogP contribution >= 0.6 is 11.3 Å². The normalized spacial score (nSPS) is 15.3. The van der Waals surface area contributed by atoms with Crippen LogP contribution in [-0.4, -0.2) is 31.0 Å². The van der Waals surface area contributed by atoms with Gasteiger partial charge in [-0.3, -0.25) is 14.3 Å². The molecule has 0 amide bonds. The Balaban J connectivity index is 1.44. The Hall–Kier alpha value is -2.00. The largest absolute Gasteiger partial charge is 0.308 e. The van der Waals surface area contributed by atoms with Gasteiger partial charge in [-0.15, -0.1) is 0 Å². The number of hydrogen-bond donors (Lipinski definition) is 1. The highest BCUT2D eigenvalue weighted by Gasteiger charge is 2.17. The third-order valence-corrected chi connectivity index (χ3v) is 7.70. The van der Waals surface area contributed by atoms with Gasteiger partial charge in [0.05, 0.1) is 15.1 Å². The quantitative estimate of drug-likeness (QED) is 0.624. The summed E-state index contributed by atoms with van der Waals surface area (Å²) in [6.07, 6.45) is 2.54. The summed E-state index contributed by atoms with van der Waals surface area (Å²) >= 11 is 1.07. The molecule has 4 rings (SSSR count). The van der Waals surface area contributed by atoms with Crippen LogP contribution in [0.25, 0.3) is 10.2 Å². The molecule has 0 aliphatic carbocycles. The van der Waals surface area contributed by atoms with Gasteiger partial charge in [0.25, 0.3) is 0 Å². The average molecular weight is 432 g/mol. The van der Waals surface area contributed by atoms with E-state index in [0.717, 1.165) is 42.1 Å². The van der Waals surface area contributed by atoms with E-state index < -0.39 is 10.0 Å². The Kier molecular flexibility index (Phi) is 5.87. The number of benzene rings is 2. The molecule has 8 heteroatoms. The van der Waals surface area contributed by atoms with Crippen LogP contribution in [0.1, 0.15) is 30.9 Å². The molecule has 3 aromatic rings. The molecule has 29 heavy (non-hydrogen) atoms. The van der Waals surface area contributed by atoms with Crippen LogP contribution in [0, 0.1) is 0 Å². The molecule has 1 N–H and O–H groups in total. The molecule has 154 valence electrons. The summed E-state index contributed by atoms with van der Waals surface area (Å²) in [4.78, 5) is 14.5. The van der Waals surface area contributed by atoms with E-state index in [-0.39, 0.29) is 16.3 Å². The molecular formula is C21H25N3O3S2. The molecule has 0 spiro atoms. The SMILES string of the molecule is CCn1c(=O)sc2cc(S(=O)(=O)NCc3ccc(CN4CCCC4)cc3)ccc21. The molecule has 0 saturated carbocycles. The number of nitrogens with one attached hydrogen (secondary N) is 1. The van der Waals surface area contributed by atoms with Gasteiger partial charge in [-0.1, -0.05) is 35.6 Å². The van der Waals surface area contributed by atoms with Crippen molar-refractivity contribution in [2.75, 3.05) is 13.1 Å². The molecule has 1 aliphatic rings. The molecule has 2 aromatic carbocycles. The molecule has 1 aliphatic heterocycles. The Morgan fingerprint density at radius 2 is 1.72 bits per heavy atom. The molecule has 0 radical (unpaired) electrons. The minimum atomic E-state index is -3.65. The number of nitrogens with zero attached hydrogens (tertiary/aromatic N) is 2. The predicted octanol–water partition coefficient (Wildman–Crippen LogP) is 3.16. The number of likely N-dealkylation sites (tertiary alicyclic amines) is 1. The number of fused-ring (bicyclic) bond motifs is 1. The maximum atomic E-state index is 12.7. The van der Waals surface area contributed by atoms with Crippen LogP contribution in [0.4, 0.5) is 0 Å². The van der Waals surface area contributed by atoms with Crippen molar-refractivity contribution in [1.29, 1.82) is 0 Å². The van der Waals surface area contributed by atoms with E-state index in [1.54, 1.807) is 22.8 Å². The van der Waals surface area contributed by atoms with Crippen molar-refractivity contribution < 1.29 is 8.42 Å². The maximum absolute atomic E-state index is 12.7. The lowest BCUT2D eigenvalue weighted by Gasteiger charge is -2.14. The van der Waals surface area contributed by atoms with Crippen molar-refractivity contribution in [3.8, 4) is 0 Å². The molecule has 1 fully saturated rings. The van der Waals surface area contributed by atoms with E-state index in [1.165, 1.54) is 18.4 Å². The van der Waals surface area contributed by atoms with Gasteiger partial charge in [0.1, 0.15) is 0 Å². The van der Waals surface area contributed by atoms with Crippen molar-refractivity contribution in [1.82, 2.24) is 14.2 Å². The lowest BCUT2D eigenvalue weighted by molar-refractivity contribution is 0.331. The molecule has 6 nitrogen and oxygen atoms in total. The number of aromatic nitrogens is 1. The average Bonchev–Trinajstić information content (AvgIpc) is 3.33. The van der Waals surface area contributed by atoms with Crippen molar-refractivity contribution >= 4 is 31.6 Å². The van der Waals surface area contributed by atoms with E-state index in [9.17, 15) is 13.2 Å². The van der Waals surface area contributed by atoms with Gasteiger partial charge in [0.15, 0.2) is 0 Å². The number of aryl methyl sites for hydroxylation is 1. The summed E-state index contributed by atoms with van der Waals surface area (Å²) in [6, 6.07) is 12.9. The van der Waals surface area contributed by atoms with Gasteiger partial charge in [-0.25, -0.2) is 13.1 Å². The van der Waals surface area contributed by atoms with Crippen LogP contribution in [0.2, 0.25) is 0 Å². The number of sulfonamides is 1. The molecule has 0 unspecified atom stereocenters. The van der Waals surface area contributed by atoms with Crippen molar-refractivity contribution in [3.05, 3.63) is 63.3 Å². The standard InChI is InChI=1S/C21H25N3O3S2/c1-2-24-19-10-9-18(13-20(19)28-21(24)25)29(26,27)22-14-16-5-7-17(8-6-16)15-23-11-3-4-12-23/h5-10,13,22H,2-4,11-12,14-15H2,1H3. The second-order valence-corrected chi connectivity index (χ2v) is 10.1. The van der Waals surface area contributed by atoms with Gasteiger partial charge in [-0.05, 0) is 62.2 Å². The second-order valence-electron chi connectivity index (χ2n) is 7.37. The van der Waals surface area contributed by atoms with E-state index >= 15 is 0 Å². The fourth-order valence-electron chi connectivity index (χ4n) is 3.74. The summed E-state index contributed by atoms with van der Waals surface area (Å²) in [7, 11) is -3.65. The summed E-state index contributed by atoms with van der Waals surface area (Å²) in [5.41, 5.74) is 2.94. The molecule has 0 atom stereocenters. The first-order chi connectivity index (χ1) is 14.0. The minimum absolute atomic E-state index is 0.0703. The minimum Gasteiger partial charge on any atom is -0.299 e. The van der Waals surface area contributed by atoms with E-state index in [4.69, 9.17) is 0 Å². The van der Waals surface area contributed by atoms with Crippen LogP contribution in [0.3, 0.4) is 0 Å². The molecule has 1 aromatic heterocycles. The Bertz CT molecular complexity index is 1160. The number of hydrogen-bond acceptors (Lipinski definition) is 5. The highest BCUT2D eigenvalue weighted by atomic mass is 32.2. The lowest BCUT2D eigenvalue weighted by Crippen LogP contribution is -2.23. The Labute approximate surface area is 174 Å². The zero-order valence-corrected chi connectivity index (χ0v) is 18.1. The van der Waals surface area contributed by atoms with Crippen molar-refractivity contribution in [3.63, 3.8) is 0 Å². The smallest absolute Gasteiger partial charge is 0.299 e. The molecule has 1 saturated heterocycles. The highest BCUT2D eigenvalue weighted by Crippen LogP contribution is 2.22. The third-order valence-electron chi connectivity index (χ3n) is 5.36. The Morgan fingerprint density at radius 3 is 2.41 bits per heavy atom. The summed E-state index contributed by atoms with van der Waals surface area (Å²) in [6.45, 7) is 5.96. The Morgan fingerprint density at radius 1 is 1.03 bits per heavy atom. The summed E-state index contributed by atoms with van der Waals surface area (Å²) in [5.74, 6) is 0. The first-order valence-electron chi connectivity index (χ1n) is 9.89. The molecule has 0 bridgehead atoms. The zero-order valence-electron chi connectivity index (χ0n) is 16.4. The van der Waals surface area contributed by atoms with Gasteiger partial charge < -0.3 is 0 Å². The first-order valence-corrected chi connectivity index (χ1v) is 12.2. The summed E-state index contributed by atoms with van der Waals surface area (Å²) in [5, 5.41) is 0. The fraction of sp³-hybridized carbons (Fsp3) is 0.381. The lowest BCUT2D eigenvalue weighted by atomic mass is 10.1. The van der Waals surface area contributed by atoms with Crippen LogP contribution in [-0.2, 0) is 29.7 Å². The first kappa shape index (κ1) is 20.3. The van der Waals surface area contributed by atoms with Crippen LogP contribution in [0.5, 0.6) is 0 Å². The van der Waals surface area contributed by atoms with E-state index in [2.05, 4.69) is 21.8 Å². The van der Waals surface area contributed by atoms with Gasteiger partial charge >= 0.3 is 4.87 Å². The molecule has 2 heterocycles. The van der Waals surface area contributed by atoms with E-state index in [0.29, 0.717) is 11.2 Å². The van der Waals surface area contributed by atoms with E-state index in [1.807, 2.05) is 19.1 Å². The van der Waals surface area contributed by atoms with Crippen LogP contribution < -0.4 is 9.60 Å². The number of thiazole rings is 1.